The number of nitrogens with one attached hydrogen (secondary N) is 1. The Hall–Kier alpha value is -1.63. The maximum absolute atomic E-state index is 12.7. The molecule has 1 fully saturated rings. The number of carbonyl (C=O) groups is 1. The van der Waals surface area contributed by atoms with Gasteiger partial charge in [-0.1, -0.05) is 0 Å². The van der Waals surface area contributed by atoms with Gasteiger partial charge in [-0.3, -0.25) is 9.78 Å². The second-order valence-corrected chi connectivity index (χ2v) is 5.67. The summed E-state index contributed by atoms with van der Waals surface area (Å²) in [5, 5.41) is 7.39. The van der Waals surface area contributed by atoms with E-state index in [0.29, 0.717) is 11.6 Å². The average molecular weight is 372 g/mol. The quantitative estimate of drug-likeness (QED) is 0.894. The number of nitrogens with zero attached hydrogens (tertiary/aromatic N) is 4. The van der Waals surface area contributed by atoms with E-state index in [1.54, 1.807) is 23.1 Å². The van der Waals surface area contributed by atoms with Gasteiger partial charge in [-0.25, -0.2) is 4.68 Å². The number of carbonyl (C=O) groups excluding carboxylic acids is 1. The molecule has 1 N–H and O–H groups in total. The fraction of sp³-hybridized carbons (Fsp3) is 0.438. The lowest BCUT2D eigenvalue weighted by molar-refractivity contribution is 0.0668. The Morgan fingerprint density at radius 1 is 1.38 bits per heavy atom. The SMILES string of the molecule is CNCC1CCCN(C(=O)c2cc(-n3cccn3)ccn2)C1.Cl.Cl. The van der Waals surface area contributed by atoms with Crippen molar-refractivity contribution >= 4 is 30.7 Å². The Morgan fingerprint density at radius 2 is 2.21 bits per heavy atom. The highest BCUT2D eigenvalue weighted by Gasteiger charge is 2.25. The van der Waals surface area contributed by atoms with Crippen LogP contribution in [0.1, 0.15) is 23.3 Å². The maximum Gasteiger partial charge on any atom is 0.272 e. The topological polar surface area (TPSA) is 63.1 Å². The van der Waals surface area contributed by atoms with Gasteiger partial charge in [-0.15, -0.1) is 24.8 Å². The monoisotopic (exact) mass is 371 g/mol. The summed E-state index contributed by atoms with van der Waals surface area (Å²) in [7, 11) is 1.95. The van der Waals surface area contributed by atoms with Gasteiger partial charge in [0.1, 0.15) is 5.69 Å². The third-order valence-corrected chi connectivity index (χ3v) is 4.03. The molecule has 3 heterocycles. The van der Waals surface area contributed by atoms with Crippen molar-refractivity contribution in [3.63, 3.8) is 0 Å². The molecule has 0 aromatic carbocycles. The summed E-state index contributed by atoms with van der Waals surface area (Å²) in [5.41, 5.74) is 1.34. The first-order valence-electron chi connectivity index (χ1n) is 7.68. The molecule has 6 nitrogen and oxygen atoms in total. The normalized spacial score (nSPS) is 16.9. The van der Waals surface area contributed by atoms with Crippen molar-refractivity contribution in [3.05, 3.63) is 42.5 Å². The van der Waals surface area contributed by atoms with E-state index in [1.165, 1.54) is 6.42 Å². The summed E-state index contributed by atoms with van der Waals surface area (Å²) in [6.45, 7) is 2.56. The number of piperidine rings is 1. The van der Waals surface area contributed by atoms with E-state index < -0.39 is 0 Å². The maximum atomic E-state index is 12.7. The zero-order valence-electron chi connectivity index (χ0n) is 13.6. The van der Waals surface area contributed by atoms with Gasteiger partial charge in [0.05, 0.1) is 5.69 Å². The van der Waals surface area contributed by atoms with Gasteiger partial charge >= 0.3 is 0 Å². The zero-order valence-corrected chi connectivity index (χ0v) is 15.2. The van der Waals surface area contributed by atoms with Crippen LogP contribution in [-0.2, 0) is 0 Å². The molecule has 1 unspecified atom stereocenters. The number of amides is 1. The van der Waals surface area contributed by atoms with Crippen LogP contribution in [0, 0.1) is 5.92 Å². The van der Waals surface area contributed by atoms with Crippen LogP contribution >= 0.6 is 24.8 Å². The van der Waals surface area contributed by atoms with Gasteiger partial charge in [0.2, 0.25) is 0 Å². The van der Waals surface area contributed by atoms with Crippen molar-refractivity contribution < 1.29 is 4.79 Å². The smallest absolute Gasteiger partial charge is 0.272 e. The molecule has 24 heavy (non-hydrogen) atoms. The van der Waals surface area contributed by atoms with Crippen LogP contribution < -0.4 is 5.32 Å². The molecule has 132 valence electrons. The van der Waals surface area contributed by atoms with Gasteiger partial charge in [-0.2, -0.15) is 5.10 Å². The summed E-state index contributed by atoms with van der Waals surface area (Å²) >= 11 is 0. The minimum absolute atomic E-state index is 0. The standard InChI is InChI=1S/C16H21N5O.2ClH/c1-17-11-13-4-2-8-20(12-13)16(22)15-10-14(5-7-18-15)21-9-3-6-19-21;;/h3,5-7,9-10,13,17H,2,4,8,11-12H2,1H3;2*1H. The predicted octanol–water partition coefficient (Wildman–Crippen LogP) is 2.18. The summed E-state index contributed by atoms with van der Waals surface area (Å²) in [5.74, 6) is 0.534. The third-order valence-electron chi connectivity index (χ3n) is 4.03. The fourth-order valence-corrected chi connectivity index (χ4v) is 2.97. The molecule has 0 spiro atoms. The molecule has 0 radical (unpaired) electrons. The zero-order chi connectivity index (χ0) is 15.4. The van der Waals surface area contributed by atoms with Crippen molar-refractivity contribution in [2.75, 3.05) is 26.7 Å². The van der Waals surface area contributed by atoms with Gasteiger partial charge in [0, 0.05) is 31.7 Å². The largest absolute Gasteiger partial charge is 0.337 e. The summed E-state index contributed by atoms with van der Waals surface area (Å²) < 4.78 is 1.73. The van der Waals surface area contributed by atoms with E-state index in [0.717, 1.165) is 31.7 Å². The molecule has 1 atom stereocenters. The first kappa shape index (κ1) is 20.4. The van der Waals surface area contributed by atoms with E-state index in [1.807, 2.05) is 30.3 Å². The predicted molar refractivity (Wildman–Crippen MR) is 98.4 cm³/mol. The number of pyridine rings is 1. The van der Waals surface area contributed by atoms with Crippen LogP contribution in [0.2, 0.25) is 0 Å². The molecule has 8 heteroatoms. The van der Waals surface area contributed by atoms with E-state index in [4.69, 9.17) is 0 Å². The van der Waals surface area contributed by atoms with Gasteiger partial charge in [0.25, 0.3) is 5.91 Å². The van der Waals surface area contributed by atoms with E-state index in [9.17, 15) is 4.79 Å². The van der Waals surface area contributed by atoms with E-state index in [2.05, 4.69) is 15.4 Å². The number of rotatable bonds is 4. The highest BCUT2D eigenvalue weighted by molar-refractivity contribution is 5.92. The van der Waals surface area contributed by atoms with Gasteiger partial charge in [0.15, 0.2) is 0 Å². The highest BCUT2D eigenvalue weighted by atomic mass is 35.5. The fourth-order valence-electron chi connectivity index (χ4n) is 2.97. The Kier molecular flexibility index (Phi) is 8.18. The number of likely N-dealkylation sites (tertiary alicyclic amines) is 1. The number of hydrogen-bond acceptors (Lipinski definition) is 4. The summed E-state index contributed by atoms with van der Waals surface area (Å²) in [4.78, 5) is 18.8. The van der Waals surface area contributed by atoms with Crippen LogP contribution in [0.4, 0.5) is 0 Å². The van der Waals surface area contributed by atoms with E-state index >= 15 is 0 Å². The molecule has 0 aliphatic carbocycles. The lowest BCUT2D eigenvalue weighted by atomic mass is 9.98. The first-order chi connectivity index (χ1) is 10.8. The highest BCUT2D eigenvalue weighted by Crippen LogP contribution is 2.18. The minimum Gasteiger partial charge on any atom is -0.337 e. The Labute approximate surface area is 154 Å². The molecule has 3 rings (SSSR count). The lowest BCUT2D eigenvalue weighted by Gasteiger charge is -2.32. The van der Waals surface area contributed by atoms with E-state index in [-0.39, 0.29) is 30.7 Å². The van der Waals surface area contributed by atoms with Crippen LogP contribution in [0.15, 0.2) is 36.8 Å². The lowest BCUT2D eigenvalue weighted by Crippen LogP contribution is -2.42. The molecule has 1 aliphatic rings. The van der Waals surface area contributed by atoms with Crippen LogP contribution in [-0.4, -0.2) is 52.3 Å². The Balaban J connectivity index is 0.00000144. The van der Waals surface area contributed by atoms with Crippen LogP contribution in [0.3, 0.4) is 0 Å². The molecule has 2 aromatic rings. The van der Waals surface area contributed by atoms with Crippen LogP contribution in [0.25, 0.3) is 5.69 Å². The summed E-state index contributed by atoms with van der Waals surface area (Å²) in [6.07, 6.45) is 7.46. The molecule has 1 amide bonds. The van der Waals surface area contributed by atoms with Crippen molar-refractivity contribution in [1.82, 2.24) is 25.0 Å². The molecule has 2 aromatic heterocycles. The van der Waals surface area contributed by atoms with Gasteiger partial charge in [-0.05, 0) is 50.6 Å². The molecule has 0 bridgehead atoms. The molecular weight excluding hydrogens is 349 g/mol. The average Bonchev–Trinajstić information content (AvgIpc) is 3.09. The number of hydrogen-bond donors (Lipinski definition) is 1. The summed E-state index contributed by atoms with van der Waals surface area (Å²) in [6, 6.07) is 5.51. The number of aromatic nitrogens is 3. The van der Waals surface area contributed by atoms with Crippen molar-refractivity contribution in [3.8, 4) is 5.69 Å². The molecule has 1 saturated heterocycles. The Bertz CT molecular complexity index is 633. The van der Waals surface area contributed by atoms with Crippen molar-refractivity contribution in [2.45, 2.75) is 12.8 Å². The number of halogens is 2. The second-order valence-electron chi connectivity index (χ2n) is 5.67. The van der Waals surface area contributed by atoms with Gasteiger partial charge < -0.3 is 10.2 Å². The Morgan fingerprint density at radius 3 is 2.92 bits per heavy atom. The molecular formula is C16H23Cl2N5O. The third kappa shape index (κ3) is 4.69. The van der Waals surface area contributed by atoms with Crippen LogP contribution in [0.5, 0.6) is 0 Å². The van der Waals surface area contributed by atoms with Crippen molar-refractivity contribution in [1.29, 1.82) is 0 Å². The second kappa shape index (κ2) is 9.61. The van der Waals surface area contributed by atoms with Crippen molar-refractivity contribution in [2.24, 2.45) is 5.92 Å². The first-order valence-corrected chi connectivity index (χ1v) is 7.68. The molecule has 1 aliphatic heterocycles. The molecule has 0 saturated carbocycles. The minimum atomic E-state index is 0.